The molecule has 0 saturated heterocycles. The zero-order valence-electron chi connectivity index (χ0n) is 16.9. The van der Waals surface area contributed by atoms with Gasteiger partial charge in [0.2, 0.25) is 17.8 Å². The van der Waals surface area contributed by atoms with Crippen LogP contribution in [0, 0.1) is 0 Å². The summed E-state index contributed by atoms with van der Waals surface area (Å²) in [4.78, 5) is 13.3. The molecule has 1 aromatic heterocycles. The van der Waals surface area contributed by atoms with Crippen LogP contribution in [0.15, 0.2) is 24.3 Å². The van der Waals surface area contributed by atoms with E-state index in [2.05, 4.69) is 30.9 Å². The van der Waals surface area contributed by atoms with Crippen LogP contribution in [0.5, 0.6) is 0 Å². The molecule has 1 heterocycles. The largest absolute Gasteiger partial charge is 0.378 e. The maximum atomic E-state index is 5.93. The standard InChI is InChI=1S/C19H30ClN7O2/c1-14(2)24-19-26-17(22-8-10-29-12-11-28-9-7-21)25-18(27-19)23-13-15-3-5-16(20)6-4-15/h3-6,14H,7-13,21H2,1-2H3,(H3,22,23,24,25,26,27). The first-order chi connectivity index (χ1) is 14.1. The predicted molar refractivity (Wildman–Crippen MR) is 117 cm³/mol. The van der Waals surface area contributed by atoms with E-state index in [9.17, 15) is 0 Å². The van der Waals surface area contributed by atoms with Gasteiger partial charge in [0.1, 0.15) is 0 Å². The molecule has 0 aliphatic rings. The lowest BCUT2D eigenvalue weighted by Gasteiger charge is -2.13. The summed E-state index contributed by atoms with van der Waals surface area (Å²) >= 11 is 5.93. The van der Waals surface area contributed by atoms with E-state index in [4.69, 9.17) is 26.8 Å². The fraction of sp³-hybridized carbons (Fsp3) is 0.526. The zero-order chi connectivity index (χ0) is 20.9. The lowest BCUT2D eigenvalue weighted by molar-refractivity contribution is 0.0547. The predicted octanol–water partition coefficient (Wildman–Crippen LogP) is 2.36. The minimum absolute atomic E-state index is 0.200. The van der Waals surface area contributed by atoms with E-state index in [0.29, 0.717) is 68.9 Å². The summed E-state index contributed by atoms with van der Waals surface area (Å²) in [5.41, 5.74) is 6.44. The minimum Gasteiger partial charge on any atom is -0.378 e. The Hall–Kier alpha value is -2.20. The Morgan fingerprint density at radius 3 is 2.17 bits per heavy atom. The number of hydrogen-bond acceptors (Lipinski definition) is 9. The summed E-state index contributed by atoms with van der Waals surface area (Å²) in [5, 5.41) is 10.3. The molecule has 0 fully saturated rings. The van der Waals surface area contributed by atoms with Crippen LogP contribution in [0.3, 0.4) is 0 Å². The van der Waals surface area contributed by atoms with E-state index in [-0.39, 0.29) is 6.04 Å². The van der Waals surface area contributed by atoms with E-state index in [1.807, 2.05) is 38.1 Å². The number of benzene rings is 1. The van der Waals surface area contributed by atoms with E-state index < -0.39 is 0 Å². The van der Waals surface area contributed by atoms with Gasteiger partial charge in [0.15, 0.2) is 0 Å². The van der Waals surface area contributed by atoms with Gasteiger partial charge in [0.25, 0.3) is 0 Å². The van der Waals surface area contributed by atoms with Crippen molar-refractivity contribution in [3.63, 3.8) is 0 Å². The molecular weight excluding hydrogens is 394 g/mol. The van der Waals surface area contributed by atoms with Gasteiger partial charge in [-0.1, -0.05) is 23.7 Å². The smallest absolute Gasteiger partial charge is 0.229 e. The Bertz CT molecular complexity index is 716. The fourth-order valence-corrected chi connectivity index (χ4v) is 2.41. The van der Waals surface area contributed by atoms with Gasteiger partial charge in [-0.05, 0) is 31.5 Å². The van der Waals surface area contributed by atoms with Crippen molar-refractivity contribution in [1.82, 2.24) is 15.0 Å². The van der Waals surface area contributed by atoms with Crippen LogP contribution in [0.1, 0.15) is 19.4 Å². The SMILES string of the molecule is CC(C)Nc1nc(NCCOCCOCCN)nc(NCc2ccc(Cl)cc2)n1. The second-order valence-corrected chi connectivity index (χ2v) is 6.96. The van der Waals surface area contributed by atoms with Gasteiger partial charge in [-0.15, -0.1) is 0 Å². The third kappa shape index (κ3) is 9.71. The molecule has 0 bridgehead atoms. The second kappa shape index (κ2) is 13.1. The van der Waals surface area contributed by atoms with Crippen molar-refractivity contribution in [2.24, 2.45) is 5.73 Å². The van der Waals surface area contributed by atoms with Crippen molar-refractivity contribution in [3.8, 4) is 0 Å². The monoisotopic (exact) mass is 423 g/mol. The molecule has 1 aromatic carbocycles. The number of halogens is 1. The summed E-state index contributed by atoms with van der Waals surface area (Å²) in [6.45, 7) is 7.82. The summed E-state index contributed by atoms with van der Waals surface area (Å²) < 4.78 is 10.8. The Kier molecular flexibility index (Phi) is 10.4. The topological polar surface area (TPSA) is 119 Å². The first-order valence-electron chi connectivity index (χ1n) is 9.67. The highest BCUT2D eigenvalue weighted by Gasteiger charge is 2.07. The van der Waals surface area contributed by atoms with Crippen LogP contribution in [-0.4, -0.2) is 60.5 Å². The molecule has 0 saturated carbocycles. The molecule has 9 nitrogen and oxygen atoms in total. The third-order valence-corrected chi connectivity index (χ3v) is 3.83. The van der Waals surface area contributed by atoms with Crippen molar-refractivity contribution >= 4 is 29.4 Å². The average molecular weight is 424 g/mol. The molecule has 0 unspecified atom stereocenters. The van der Waals surface area contributed by atoms with Gasteiger partial charge in [-0.25, -0.2) is 0 Å². The lowest BCUT2D eigenvalue weighted by atomic mass is 10.2. The lowest BCUT2D eigenvalue weighted by Crippen LogP contribution is -2.18. The number of nitrogens with zero attached hydrogens (tertiary/aromatic N) is 3. The average Bonchev–Trinajstić information content (AvgIpc) is 2.69. The highest BCUT2D eigenvalue weighted by molar-refractivity contribution is 6.30. The number of rotatable bonds is 14. The Labute approximate surface area is 176 Å². The zero-order valence-corrected chi connectivity index (χ0v) is 17.7. The Morgan fingerprint density at radius 2 is 1.52 bits per heavy atom. The number of nitrogens with two attached hydrogens (primary N) is 1. The van der Waals surface area contributed by atoms with Crippen LogP contribution in [0.25, 0.3) is 0 Å². The van der Waals surface area contributed by atoms with Gasteiger partial charge in [0, 0.05) is 30.7 Å². The molecular formula is C19H30ClN7O2. The van der Waals surface area contributed by atoms with Crippen molar-refractivity contribution in [3.05, 3.63) is 34.9 Å². The van der Waals surface area contributed by atoms with E-state index in [1.165, 1.54) is 0 Å². The molecule has 2 rings (SSSR count). The van der Waals surface area contributed by atoms with E-state index in [0.717, 1.165) is 5.56 Å². The van der Waals surface area contributed by atoms with Crippen LogP contribution in [-0.2, 0) is 16.0 Å². The normalized spacial score (nSPS) is 10.9. The molecule has 0 aliphatic carbocycles. The second-order valence-electron chi connectivity index (χ2n) is 6.53. The van der Waals surface area contributed by atoms with Crippen molar-refractivity contribution < 1.29 is 9.47 Å². The van der Waals surface area contributed by atoms with E-state index in [1.54, 1.807) is 0 Å². The molecule has 2 aromatic rings. The molecule has 0 aliphatic heterocycles. The summed E-state index contributed by atoms with van der Waals surface area (Å²) in [7, 11) is 0. The number of hydrogen-bond donors (Lipinski definition) is 4. The molecule has 160 valence electrons. The summed E-state index contributed by atoms with van der Waals surface area (Å²) in [6, 6.07) is 7.82. The highest BCUT2D eigenvalue weighted by Crippen LogP contribution is 2.13. The minimum atomic E-state index is 0.200. The van der Waals surface area contributed by atoms with Gasteiger partial charge < -0.3 is 31.2 Å². The Balaban J connectivity index is 1.87. The Morgan fingerprint density at radius 1 is 0.897 bits per heavy atom. The molecule has 0 spiro atoms. The van der Waals surface area contributed by atoms with Crippen LogP contribution in [0.4, 0.5) is 17.8 Å². The van der Waals surface area contributed by atoms with Crippen LogP contribution in [0.2, 0.25) is 5.02 Å². The first-order valence-corrected chi connectivity index (χ1v) is 10.0. The summed E-state index contributed by atoms with van der Waals surface area (Å²) in [6.07, 6.45) is 0. The molecule has 29 heavy (non-hydrogen) atoms. The number of ether oxygens (including phenoxy) is 2. The number of nitrogens with one attached hydrogen (secondary N) is 3. The number of anilines is 3. The quantitative estimate of drug-likeness (QED) is 0.339. The maximum absolute atomic E-state index is 5.93. The first kappa shape index (κ1) is 23.1. The molecule has 0 atom stereocenters. The van der Waals surface area contributed by atoms with Crippen LogP contribution >= 0.6 is 11.6 Å². The third-order valence-electron chi connectivity index (χ3n) is 3.58. The van der Waals surface area contributed by atoms with Crippen molar-refractivity contribution in [2.45, 2.75) is 26.4 Å². The van der Waals surface area contributed by atoms with Gasteiger partial charge in [-0.2, -0.15) is 15.0 Å². The van der Waals surface area contributed by atoms with Crippen molar-refractivity contribution in [1.29, 1.82) is 0 Å². The molecule has 0 radical (unpaired) electrons. The maximum Gasteiger partial charge on any atom is 0.229 e. The van der Waals surface area contributed by atoms with Gasteiger partial charge in [-0.3, -0.25) is 0 Å². The highest BCUT2D eigenvalue weighted by atomic mass is 35.5. The fourth-order valence-electron chi connectivity index (χ4n) is 2.28. The van der Waals surface area contributed by atoms with Gasteiger partial charge in [0.05, 0.1) is 26.4 Å². The van der Waals surface area contributed by atoms with Crippen molar-refractivity contribution in [2.75, 3.05) is 55.5 Å². The molecule has 0 amide bonds. The van der Waals surface area contributed by atoms with E-state index >= 15 is 0 Å². The molecule has 5 N–H and O–H groups in total. The van der Waals surface area contributed by atoms with Crippen LogP contribution < -0.4 is 21.7 Å². The van der Waals surface area contributed by atoms with Gasteiger partial charge >= 0.3 is 0 Å². The molecule has 10 heteroatoms. The number of aromatic nitrogens is 3. The summed E-state index contributed by atoms with van der Waals surface area (Å²) in [5.74, 6) is 1.47.